The molecule has 0 radical (unpaired) electrons. The number of furan rings is 1. The van der Waals surface area contributed by atoms with E-state index in [0.29, 0.717) is 17.1 Å². The quantitative estimate of drug-likeness (QED) is 0.626. The van der Waals surface area contributed by atoms with Gasteiger partial charge in [-0.1, -0.05) is 18.2 Å². The minimum atomic E-state index is -0.524. The molecule has 3 N–H and O–H groups in total. The van der Waals surface area contributed by atoms with E-state index in [1.165, 1.54) is 0 Å². The number of urea groups is 1. The minimum absolute atomic E-state index is 0.276. The fourth-order valence-corrected chi connectivity index (χ4v) is 2.44. The van der Waals surface area contributed by atoms with Crippen LogP contribution in [0.1, 0.15) is 27.4 Å². The van der Waals surface area contributed by atoms with Gasteiger partial charge in [-0.25, -0.2) is 14.9 Å². The molecular weight excluding hydrogens is 334 g/mol. The Morgan fingerprint density at radius 2 is 1.92 bits per heavy atom. The molecule has 0 saturated heterocycles. The lowest BCUT2D eigenvalue weighted by Crippen LogP contribution is -2.46. The number of aryl methyl sites for hydroxylation is 2. The molecule has 0 aliphatic rings. The van der Waals surface area contributed by atoms with E-state index >= 15 is 0 Å². The van der Waals surface area contributed by atoms with Crippen LogP contribution in [-0.2, 0) is 6.54 Å². The fraction of sp³-hybridized carbons (Fsp3) is 0.167. The molecular formula is C18H19N5O3. The van der Waals surface area contributed by atoms with Crippen molar-refractivity contribution in [3.8, 4) is 5.69 Å². The SMILES string of the molecule is Cc1cc(C(=O)NNC(=O)NCc2cnn(-c3ccccc3)c2)c(C)o1. The molecule has 0 atom stereocenters. The van der Waals surface area contributed by atoms with Gasteiger partial charge in [0.2, 0.25) is 0 Å². The zero-order valence-electron chi connectivity index (χ0n) is 14.4. The molecule has 0 unspecified atom stereocenters. The van der Waals surface area contributed by atoms with Gasteiger partial charge in [0.05, 0.1) is 17.4 Å². The number of hydrazine groups is 1. The molecule has 1 aromatic carbocycles. The Balaban J connectivity index is 1.48. The number of rotatable bonds is 4. The van der Waals surface area contributed by atoms with Crippen LogP contribution in [0.5, 0.6) is 0 Å². The van der Waals surface area contributed by atoms with Crippen LogP contribution in [0.25, 0.3) is 5.69 Å². The van der Waals surface area contributed by atoms with Crippen LogP contribution in [0.3, 0.4) is 0 Å². The Labute approximate surface area is 150 Å². The lowest BCUT2D eigenvalue weighted by atomic mass is 10.2. The van der Waals surface area contributed by atoms with Crippen LogP contribution >= 0.6 is 0 Å². The summed E-state index contributed by atoms with van der Waals surface area (Å²) in [4.78, 5) is 23.8. The molecule has 0 aliphatic carbocycles. The summed E-state index contributed by atoms with van der Waals surface area (Å²) in [6.07, 6.45) is 3.50. The maximum Gasteiger partial charge on any atom is 0.333 e. The Bertz CT molecular complexity index is 914. The first-order valence-corrected chi connectivity index (χ1v) is 8.03. The zero-order chi connectivity index (χ0) is 18.5. The monoisotopic (exact) mass is 353 g/mol. The third-order valence-electron chi connectivity index (χ3n) is 3.69. The number of hydrogen-bond donors (Lipinski definition) is 3. The maximum atomic E-state index is 12.0. The number of nitrogens with zero attached hydrogens (tertiary/aromatic N) is 2. The van der Waals surface area contributed by atoms with E-state index in [9.17, 15) is 9.59 Å². The second kappa shape index (κ2) is 7.56. The van der Waals surface area contributed by atoms with Crippen LogP contribution in [0.15, 0.2) is 53.2 Å². The third kappa shape index (κ3) is 4.10. The predicted octanol–water partition coefficient (Wildman–Crippen LogP) is 2.23. The van der Waals surface area contributed by atoms with Gasteiger partial charge >= 0.3 is 6.03 Å². The van der Waals surface area contributed by atoms with Crippen molar-refractivity contribution in [1.29, 1.82) is 0 Å². The summed E-state index contributed by atoms with van der Waals surface area (Å²) in [6, 6.07) is 10.7. The average Bonchev–Trinajstić information content (AvgIpc) is 3.25. The first-order valence-electron chi connectivity index (χ1n) is 8.03. The highest BCUT2D eigenvalue weighted by atomic mass is 16.3. The summed E-state index contributed by atoms with van der Waals surface area (Å²) >= 11 is 0. The van der Waals surface area contributed by atoms with Crippen molar-refractivity contribution in [2.45, 2.75) is 20.4 Å². The lowest BCUT2D eigenvalue weighted by molar-refractivity contribution is 0.0934. The van der Waals surface area contributed by atoms with Gasteiger partial charge in [-0.2, -0.15) is 5.10 Å². The number of para-hydroxylation sites is 1. The van der Waals surface area contributed by atoms with E-state index in [0.717, 1.165) is 11.3 Å². The van der Waals surface area contributed by atoms with Crippen LogP contribution in [-0.4, -0.2) is 21.7 Å². The third-order valence-corrected chi connectivity index (χ3v) is 3.69. The minimum Gasteiger partial charge on any atom is -0.466 e. The Hall–Kier alpha value is -3.55. The molecule has 0 aliphatic heterocycles. The van der Waals surface area contributed by atoms with Gasteiger partial charge < -0.3 is 9.73 Å². The molecule has 2 heterocycles. The molecule has 3 aromatic rings. The average molecular weight is 353 g/mol. The van der Waals surface area contributed by atoms with Crippen LogP contribution in [0.2, 0.25) is 0 Å². The van der Waals surface area contributed by atoms with E-state index in [2.05, 4.69) is 21.3 Å². The summed E-state index contributed by atoms with van der Waals surface area (Å²) in [5, 5.41) is 6.90. The molecule has 2 aromatic heterocycles. The van der Waals surface area contributed by atoms with E-state index < -0.39 is 11.9 Å². The summed E-state index contributed by atoms with van der Waals surface area (Å²) in [7, 11) is 0. The van der Waals surface area contributed by atoms with Crippen LogP contribution in [0, 0.1) is 13.8 Å². The van der Waals surface area contributed by atoms with Gasteiger partial charge in [0, 0.05) is 18.3 Å². The number of benzene rings is 1. The first kappa shape index (κ1) is 17.3. The van der Waals surface area contributed by atoms with Crippen LogP contribution < -0.4 is 16.2 Å². The molecule has 134 valence electrons. The summed E-state index contributed by atoms with van der Waals surface area (Å²) < 4.78 is 7.01. The molecule has 8 heteroatoms. The van der Waals surface area contributed by atoms with Crippen molar-refractivity contribution in [3.63, 3.8) is 0 Å². The van der Waals surface area contributed by atoms with Crippen LogP contribution in [0.4, 0.5) is 4.79 Å². The Morgan fingerprint density at radius 3 is 2.62 bits per heavy atom. The summed E-state index contributed by atoms with van der Waals surface area (Å²) in [5.74, 6) is 0.689. The highest BCUT2D eigenvalue weighted by molar-refractivity contribution is 5.96. The van der Waals surface area contributed by atoms with Crippen molar-refractivity contribution in [3.05, 3.63) is 71.4 Å². The Kier molecular flexibility index (Phi) is 5.02. The largest absolute Gasteiger partial charge is 0.466 e. The van der Waals surface area contributed by atoms with Gasteiger partial charge in [0.15, 0.2) is 0 Å². The number of carbonyl (C=O) groups is 2. The molecule has 8 nitrogen and oxygen atoms in total. The van der Waals surface area contributed by atoms with E-state index in [-0.39, 0.29) is 6.54 Å². The molecule has 0 saturated carbocycles. The molecule has 0 bridgehead atoms. The van der Waals surface area contributed by atoms with Crippen molar-refractivity contribution in [2.75, 3.05) is 0 Å². The molecule has 3 amide bonds. The number of hydrogen-bond acceptors (Lipinski definition) is 4. The van der Waals surface area contributed by atoms with Gasteiger partial charge in [-0.3, -0.25) is 10.2 Å². The summed E-state index contributed by atoms with van der Waals surface area (Å²) in [6.45, 7) is 3.71. The fourth-order valence-electron chi connectivity index (χ4n) is 2.44. The second-order valence-electron chi connectivity index (χ2n) is 5.72. The molecule has 3 rings (SSSR count). The maximum absolute atomic E-state index is 12.0. The van der Waals surface area contributed by atoms with Gasteiger partial charge in [-0.05, 0) is 32.0 Å². The topological polar surface area (TPSA) is 101 Å². The van der Waals surface area contributed by atoms with E-state index in [1.807, 2.05) is 36.5 Å². The van der Waals surface area contributed by atoms with Crippen molar-refractivity contribution in [2.24, 2.45) is 0 Å². The van der Waals surface area contributed by atoms with E-state index in [1.54, 1.807) is 30.8 Å². The Morgan fingerprint density at radius 1 is 1.15 bits per heavy atom. The van der Waals surface area contributed by atoms with E-state index in [4.69, 9.17) is 4.42 Å². The number of aromatic nitrogens is 2. The number of carbonyl (C=O) groups excluding carboxylic acids is 2. The van der Waals surface area contributed by atoms with Gasteiger partial charge in [0.1, 0.15) is 11.5 Å². The lowest BCUT2D eigenvalue weighted by Gasteiger charge is -2.07. The summed E-state index contributed by atoms with van der Waals surface area (Å²) in [5.41, 5.74) is 6.79. The van der Waals surface area contributed by atoms with Gasteiger partial charge in [0.25, 0.3) is 5.91 Å². The second-order valence-corrected chi connectivity index (χ2v) is 5.72. The normalized spacial score (nSPS) is 10.4. The van der Waals surface area contributed by atoms with Gasteiger partial charge in [-0.15, -0.1) is 0 Å². The molecule has 26 heavy (non-hydrogen) atoms. The standard InChI is InChI=1S/C18H19N5O3/c1-12-8-16(13(2)26-12)17(24)21-22-18(25)19-9-14-10-20-23(11-14)15-6-4-3-5-7-15/h3-8,10-11H,9H2,1-2H3,(H,21,24)(H2,19,22,25). The van der Waals surface area contributed by atoms with Crippen molar-refractivity contribution < 1.29 is 14.0 Å². The number of nitrogens with one attached hydrogen (secondary N) is 3. The molecule has 0 spiro atoms. The molecule has 0 fully saturated rings. The smallest absolute Gasteiger partial charge is 0.333 e. The first-order chi connectivity index (χ1) is 12.5. The zero-order valence-corrected chi connectivity index (χ0v) is 14.4. The number of amides is 3. The van der Waals surface area contributed by atoms with Crippen molar-refractivity contribution >= 4 is 11.9 Å². The van der Waals surface area contributed by atoms with Crippen molar-refractivity contribution in [1.82, 2.24) is 25.9 Å². The highest BCUT2D eigenvalue weighted by Crippen LogP contribution is 2.12. The predicted molar refractivity (Wildman–Crippen MR) is 94.6 cm³/mol. The highest BCUT2D eigenvalue weighted by Gasteiger charge is 2.14.